The number of hydrogen-bond donors (Lipinski definition) is 2. The third kappa shape index (κ3) is 5.29. The van der Waals surface area contributed by atoms with Crippen LogP contribution in [0.25, 0.3) is 0 Å². The molecule has 2 saturated heterocycles. The molecule has 2 N–H and O–H groups in total. The lowest BCUT2D eigenvalue weighted by Gasteiger charge is -2.39. The summed E-state index contributed by atoms with van der Waals surface area (Å²) in [4.78, 5) is 33.2. The Morgan fingerprint density at radius 2 is 2.07 bits per heavy atom. The van der Waals surface area contributed by atoms with Crippen molar-refractivity contribution in [1.82, 2.24) is 20.1 Å². The zero-order chi connectivity index (χ0) is 20.1. The third-order valence-corrected chi connectivity index (χ3v) is 5.68. The van der Waals surface area contributed by atoms with E-state index in [1.807, 2.05) is 17.0 Å². The van der Waals surface area contributed by atoms with Gasteiger partial charge in [0, 0.05) is 51.0 Å². The van der Waals surface area contributed by atoms with Crippen LogP contribution in [0.2, 0.25) is 0 Å². The number of rotatable bonds is 6. The highest BCUT2D eigenvalue weighted by molar-refractivity contribution is 5.82. The lowest BCUT2D eigenvalue weighted by Crippen LogP contribution is -2.52. The fourth-order valence-corrected chi connectivity index (χ4v) is 4.23. The molecule has 2 fully saturated rings. The number of likely N-dealkylation sites (tertiary alicyclic amines) is 2. The van der Waals surface area contributed by atoms with Crippen LogP contribution in [0.3, 0.4) is 0 Å². The molecule has 0 unspecified atom stereocenters. The number of piperidine rings is 1. The predicted octanol–water partition coefficient (Wildman–Crippen LogP) is 1.17. The van der Waals surface area contributed by atoms with E-state index >= 15 is 0 Å². The number of carbonyl (C=O) groups excluding carboxylic acids is 2. The van der Waals surface area contributed by atoms with E-state index in [4.69, 9.17) is 0 Å². The summed E-state index contributed by atoms with van der Waals surface area (Å²) in [5.41, 5.74) is 0.956. The van der Waals surface area contributed by atoms with Crippen LogP contribution >= 0.6 is 0 Å². The molecule has 2 atom stereocenters. The second kappa shape index (κ2) is 9.47. The van der Waals surface area contributed by atoms with Gasteiger partial charge < -0.3 is 15.3 Å². The molecule has 0 aromatic carbocycles. The number of carbonyl (C=O) groups is 2. The van der Waals surface area contributed by atoms with Crippen molar-refractivity contribution in [3.63, 3.8) is 0 Å². The number of nitrogens with zero attached hydrogens (tertiary/aromatic N) is 3. The fourth-order valence-electron chi connectivity index (χ4n) is 4.23. The second-order valence-electron chi connectivity index (χ2n) is 8.39. The van der Waals surface area contributed by atoms with Gasteiger partial charge in [-0.2, -0.15) is 0 Å². The number of hydrogen-bond acceptors (Lipinski definition) is 5. The Labute approximate surface area is 167 Å². The molecule has 1 aromatic rings. The highest BCUT2D eigenvalue weighted by Gasteiger charge is 2.40. The van der Waals surface area contributed by atoms with Crippen LogP contribution in [0.15, 0.2) is 24.5 Å². The van der Waals surface area contributed by atoms with Crippen LogP contribution in [-0.2, 0) is 16.1 Å². The summed E-state index contributed by atoms with van der Waals surface area (Å²) in [6.07, 6.45) is 5.73. The summed E-state index contributed by atoms with van der Waals surface area (Å²) in [5.74, 6) is 0.547. The molecule has 0 bridgehead atoms. The van der Waals surface area contributed by atoms with Gasteiger partial charge in [0.2, 0.25) is 11.8 Å². The van der Waals surface area contributed by atoms with Crippen molar-refractivity contribution in [3.05, 3.63) is 30.1 Å². The Hall–Kier alpha value is -1.99. The molecule has 0 saturated carbocycles. The Kier molecular flexibility index (Phi) is 7.02. The first-order valence-electron chi connectivity index (χ1n) is 10.3. The number of aliphatic hydroxyl groups is 1. The van der Waals surface area contributed by atoms with E-state index in [0.29, 0.717) is 31.8 Å². The monoisotopic (exact) mass is 388 g/mol. The molecule has 3 heterocycles. The zero-order valence-electron chi connectivity index (χ0n) is 16.9. The van der Waals surface area contributed by atoms with Crippen molar-refractivity contribution >= 4 is 11.8 Å². The average molecular weight is 389 g/mol. The molecule has 3 rings (SSSR count). The van der Waals surface area contributed by atoms with Crippen molar-refractivity contribution in [2.45, 2.75) is 64.3 Å². The highest BCUT2D eigenvalue weighted by Crippen LogP contribution is 2.27. The van der Waals surface area contributed by atoms with Gasteiger partial charge in [0.15, 0.2) is 0 Å². The first-order valence-corrected chi connectivity index (χ1v) is 10.3. The maximum absolute atomic E-state index is 12.8. The van der Waals surface area contributed by atoms with Crippen LogP contribution < -0.4 is 5.32 Å². The molecule has 28 heavy (non-hydrogen) atoms. The van der Waals surface area contributed by atoms with Crippen molar-refractivity contribution < 1.29 is 14.7 Å². The number of aromatic nitrogens is 1. The molecule has 2 amide bonds. The number of β-amino-alcohol motifs (C(OH)–C–C–N with tert-alkyl or cyclic N) is 1. The lowest BCUT2D eigenvalue weighted by molar-refractivity contribution is -0.134. The predicted molar refractivity (Wildman–Crippen MR) is 106 cm³/mol. The summed E-state index contributed by atoms with van der Waals surface area (Å²) in [6, 6.07) is 3.70. The maximum Gasteiger partial charge on any atom is 0.237 e. The summed E-state index contributed by atoms with van der Waals surface area (Å²) >= 11 is 0. The molecule has 7 nitrogen and oxygen atoms in total. The minimum atomic E-state index is -0.477. The average Bonchev–Trinajstić information content (AvgIpc) is 3.08. The molecule has 154 valence electrons. The molecule has 1 aromatic heterocycles. The number of nitrogens with one attached hydrogen (secondary N) is 1. The van der Waals surface area contributed by atoms with Gasteiger partial charge in [-0.05, 0) is 36.8 Å². The number of amides is 2. The van der Waals surface area contributed by atoms with E-state index in [1.165, 1.54) is 0 Å². The van der Waals surface area contributed by atoms with Gasteiger partial charge in [-0.3, -0.25) is 19.5 Å². The topological polar surface area (TPSA) is 85.8 Å². The summed E-state index contributed by atoms with van der Waals surface area (Å²) < 4.78 is 0. The minimum Gasteiger partial charge on any atom is -0.392 e. The molecule has 7 heteroatoms. The van der Waals surface area contributed by atoms with E-state index in [2.05, 4.69) is 29.0 Å². The van der Waals surface area contributed by atoms with E-state index in [0.717, 1.165) is 31.5 Å². The van der Waals surface area contributed by atoms with Crippen LogP contribution in [0.4, 0.5) is 0 Å². The van der Waals surface area contributed by atoms with Gasteiger partial charge in [0.1, 0.15) is 0 Å². The van der Waals surface area contributed by atoms with Crippen molar-refractivity contribution in [1.29, 1.82) is 0 Å². The molecular formula is C21H32N4O3. The first kappa shape index (κ1) is 20.7. The SMILES string of the molecule is CC(C)CC(=O)N1CCC(N2C[C@H](O)C[C@H]2C(=O)NCc2cccnc2)CC1. The van der Waals surface area contributed by atoms with E-state index in [-0.39, 0.29) is 23.9 Å². The molecular weight excluding hydrogens is 356 g/mol. The quantitative estimate of drug-likeness (QED) is 0.764. The van der Waals surface area contributed by atoms with Crippen LogP contribution in [0, 0.1) is 5.92 Å². The van der Waals surface area contributed by atoms with Crippen LogP contribution in [0.1, 0.15) is 45.1 Å². The Balaban J connectivity index is 1.54. The Morgan fingerprint density at radius 1 is 1.32 bits per heavy atom. The van der Waals surface area contributed by atoms with Crippen LogP contribution in [0.5, 0.6) is 0 Å². The molecule has 0 radical (unpaired) electrons. The largest absolute Gasteiger partial charge is 0.392 e. The molecule has 0 spiro atoms. The lowest BCUT2D eigenvalue weighted by atomic mass is 10.0. The first-order chi connectivity index (χ1) is 13.4. The second-order valence-corrected chi connectivity index (χ2v) is 8.39. The minimum absolute atomic E-state index is 0.0429. The summed E-state index contributed by atoms with van der Waals surface area (Å²) in [5, 5.41) is 13.2. The fraction of sp³-hybridized carbons (Fsp3) is 0.667. The Bertz CT molecular complexity index is 659. The number of aliphatic hydroxyl groups excluding tert-OH is 1. The van der Waals surface area contributed by atoms with Crippen molar-refractivity contribution in [2.24, 2.45) is 5.92 Å². The van der Waals surface area contributed by atoms with E-state index in [1.54, 1.807) is 12.4 Å². The smallest absolute Gasteiger partial charge is 0.237 e. The van der Waals surface area contributed by atoms with Crippen molar-refractivity contribution in [3.8, 4) is 0 Å². The maximum atomic E-state index is 12.8. The van der Waals surface area contributed by atoms with Gasteiger partial charge in [-0.1, -0.05) is 19.9 Å². The summed E-state index contributed by atoms with van der Waals surface area (Å²) in [7, 11) is 0. The third-order valence-electron chi connectivity index (χ3n) is 5.68. The van der Waals surface area contributed by atoms with Crippen molar-refractivity contribution in [2.75, 3.05) is 19.6 Å². The molecule has 2 aliphatic rings. The summed E-state index contributed by atoms with van der Waals surface area (Å²) in [6.45, 7) is 6.54. The number of pyridine rings is 1. The zero-order valence-corrected chi connectivity index (χ0v) is 16.9. The van der Waals surface area contributed by atoms with Crippen LogP contribution in [-0.4, -0.2) is 69.5 Å². The molecule has 2 aliphatic heterocycles. The van der Waals surface area contributed by atoms with Gasteiger partial charge >= 0.3 is 0 Å². The van der Waals surface area contributed by atoms with Gasteiger partial charge in [0.05, 0.1) is 12.1 Å². The normalized spacial score (nSPS) is 23.9. The van der Waals surface area contributed by atoms with E-state index < -0.39 is 6.10 Å². The standard InChI is InChI=1S/C21H32N4O3/c1-15(2)10-20(27)24-8-5-17(6-9-24)25-14-18(26)11-19(25)21(28)23-13-16-4-3-7-22-12-16/h3-4,7,12,15,17-19,26H,5-6,8-11,13-14H2,1-2H3,(H,23,28)/t18-,19+/m1/s1. The highest BCUT2D eigenvalue weighted by atomic mass is 16.3. The van der Waals surface area contributed by atoms with Gasteiger partial charge in [-0.25, -0.2) is 0 Å². The molecule has 0 aliphatic carbocycles. The van der Waals surface area contributed by atoms with E-state index in [9.17, 15) is 14.7 Å². The Morgan fingerprint density at radius 3 is 2.71 bits per heavy atom. The van der Waals surface area contributed by atoms with Gasteiger partial charge in [-0.15, -0.1) is 0 Å². The van der Waals surface area contributed by atoms with Gasteiger partial charge in [0.25, 0.3) is 0 Å².